The third kappa shape index (κ3) is 3.63. The van der Waals surface area contributed by atoms with Crippen molar-refractivity contribution in [3.05, 3.63) is 163 Å². The van der Waals surface area contributed by atoms with Crippen molar-refractivity contribution >= 4 is 72.6 Å². The predicted molar refractivity (Wildman–Crippen MR) is 196 cm³/mol. The molecule has 7 aromatic carbocycles. The fourth-order valence-electron chi connectivity index (χ4n) is 7.93. The van der Waals surface area contributed by atoms with E-state index in [1.54, 1.807) is 0 Å². The molecule has 0 amide bonds. The van der Waals surface area contributed by atoms with Crippen LogP contribution in [0.5, 0.6) is 11.5 Å². The number of aromatic nitrogens is 1. The van der Waals surface area contributed by atoms with Gasteiger partial charge in [0.2, 0.25) is 0 Å². The van der Waals surface area contributed by atoms with Crippen LogP contribution in [-0.4, -0.2) is 12.6 Å². The number of fused-ring (bicyclic) bond motifs is 8. The van der Waals surface area contributed by atoms with Gasteiger partial charge in [-0.3, -0.25) is 0 Å². The summed E-state index contributed by atoms with van der Waals surface area (Å²) in [5.41, 5.74) is 5.57. The fourth-order valence-corrected chi connectivity index (χ4v) is 12.9. The molecule has 0 spiro atoms. The van der Waals surface area contributed by atoms with Crippen LogP contribution in [0, 0.1) is 11.3 Å². The third-order valence-corrected chi connectivity index (χ3v) is 14.8. The Hall–Kier alpha value is -6.35. The van der Waals surface area contributed by atoms with Crippen LogP contribution in [0.3, 0.4) is 0 Å². The van der Waals surface area contributed by atoms with Gasteiger partial charge in [0.05, 0.1) is 22.7 Å². The molecule has 1 aliphatic heterocycles. The van der Waals surface area contributed by atoms with Crippen molar-refractivity contribution in [1.29, 1.82) is 5.26 Å². The van der Waals surface area contributed by atoms with Crippen LogP contribution < -0.4 is 25.5 Å². The molecule has 0 unspecified atom stereocenters. The zero-order valence-corrected chi connectivity index (χ0v) is 26.7. The average molecular weight is 631 g/mol. The highest BCUT2D eigenvalue weighted by molar-refractivity contribution is 7.20. The maximum Gasteiger partial charge on any atom is 0.188 e. The van der Waals surface area contributed by atoms with Crippen molar-refractivity contribution in [3.63, 3.8) is 0 Å². The van der Waals surface area contributed by atoms with Crippen molar-refractivity contribution in [2.24, 2.45) is 0 Å². The monoisotopic (exact) mass is 630 g/mol. The number of furan rings is 1. The van der Waals surface area contributed by atoms with Crippen LogP contribution in [0.4, 0.5) is 0 Å². The van der Waals surface area contributed by atoms with Crippen molar-refractivity contribution < 1.29 is 9.15 Å². The van der Waals surface area contributed by atoms with E-state index >= 15 is 0 Å². The smallest absolute Gasteiger partial charge is 0.188 e. The standard InChI is InChI=1S/C43H26N2O2Si/c44-27-28-18-21-37-33(24-28)32-12-4-5-13-36(32)45(37)29-19-22-38-34(25-29)35-26-31(20-23-39(35)46-38)48(30-10-2-1-3-11-30)42-16-8-6-14-40(42)47-41-15-7-9-17-43(41)48/h1-26H. The first-order valence-electron chi connectivity index (χ1n) is 16.1. The van der Waals surface area contributed by atoms with E-state index < -0.39 is 8.07 Å². The van der Waals surface area contributed by atoms with E-state index in [0.717, 1.165) is 60.9 Å². The Kier molecular flexibility index (Phi) is 5.63. The highest BCUT2D eigenvalue weighted by Crippen LogP contribution is 2.36. The van der Waals surface area contributed by atoms with Crippen LogP contribution in [0.15, 0.2) is 162 Å². The number of hydrogen-bond donors (Lipinski definition) is 0. The quantitative estimate of drug-likeness (QED) is 0.186. The molecule has 5 heteroatoms. The van der Waals surface area contributed by atoms with Crippen LogP contribution in [0.1, 0.15) is 5.56 Å². The summed E-state index contributed by atoms with van der Waals surface area (Å²) in [6.07, 6.45) is 0. The lowest BCUT2D eigenvalue weighted by molar-refractivity contribution is 0.487. The number of ether oxygens (including phenoxy) is 1. The van der Waals surface area contributed by atoms with Gasteiger partial charge >= 0.3 is 0 Å². The molecule has 224 valence electrons. The minimum atomic E-state index is -2.80. The fraction of sp³-hybridized carbons (Fsp3) is 0. The minimum absolute atomic E-state index is 0.655. The van der Waals surface area contributed by atoms with E-state index in [2.05, 4.69) is 156 Å². The summed E-state index contributed by atoms with van der Waals surface area (Å²) in [5, 5.41) is 19.0. The van der Waals surface area contributed by atoms with Gasteiger partial charge in [0.15, 0.2) is 8.07 Å². The summed E-state index contributed by atoms with van der Waals surface area (Å²) in [6, 6.07) is 57.9. The SMILES string of the molecule is N#Cc1ccc2c(c1)c1ccccc1n2-c1ccc2oc3ccc([Si]4(c5ccccc5)c5ccccc5Oc5ccccc54)cc3c2c1. The molecule has 0 radical (unpaired) electrons. The van der Waals surface area contributed by atoms with E-state index in [9.17, 15) is 5.26 Å². The molecule has 0 N–H and O–H groups in total. The molecule has 48 heavy (non-hydrogen) atoms. The predicted octanol–water partition coefficient (Wildman–Crippen LogP) is 8.04. The van der Waals surface area contributed by atoms with E-state index in [4.69, 9.17) is 9.15 Å². The topological polar surface area (TPSA) is 51.1 Å². The average Bonchev–Trinajstić information content (AvgIpc) is 3.68. The molecule has 0 atom stereocenters. The molecule has 1 aliphatic rings. The Morgan fingerprint density at radius 1 is 0.500 bits per heavy atom. The van der Waals surface area contributed by atoms with Gasteiger partial charge < -0.3 is 13.7 Å². The molecule has 0 bridgehead atoms. The molecule has 3 heterocycles. The summed E-state index contributed by atoms with van der Waals surface area (Å²) >= 11 is 0. The van der Waals surface area contributed by atoms with Crippen molar-refractivity contribution in [1.82, 2.24) is 4.57 Å². The second kappa shape index (κ2) is 10.1. The van der Waals surface area contributed by atoms with Gasteiger partial charge in [-0.15, -0.1) is 0 Å². The summed E-state index contributed by atoms with van der Waals surface area (Å²) in [4.78, 5) is 0. The van der Waals surface area contributed by atoms with Crippen LogP contribution in [0.25, 0.3) is 49.4 Å². The zero-order chi connectivity index (χ0) is 31.8. The van der Waals surface area contributed by atoms with Crippen LogP contribution >= 0.6 is 0 Å². The van der Waals surface area contributed by atoms with E-state index in [1.165, 1.54) is 20.7 Å². The van der Waals surface area contributed by atoms with Gasteiger partial charge in [-0.05, 0) is 81.4 Å². The Bertz CT molecular complexity index is 2740. The highest BCUT2D eigenvalue weighted by atomic mass is 28.3. The molecule has 0 fully saturated rings. The summed E-state index contributed by atoms with van der Waals surface area (Å²) in [6.45, 7) is 0. The van der Waals surface area contributed by atoms with Crippen molar-refractivity contribution in [2.45, 2.75) is 0 Å². The molecule has 10 rings (SSSR count). The maximum atomic E-state index is 9.63. The maximum absolute atomic E-state index is 9.63. The largest absolute Gasteiger partial charge is 0.458 e. The van der Waals surface area contributed by atoms with Gasteiger partial charge in [-0.2, -0.15) is 5.26 Å². The molecule has 0 saturated heterocycles. The first kappa shape index (κ1) is 26.8. The first-order chi connectivity index (χ1) is 23.7. The molecule has 9 aromatic rings. The normalized spacial score (nSPS) is 13.3. The number of rotatable bonds is 3. The summed E-state index contributed by atoms with van der Waals surface area (Å²) in [5.74, 6) is 1.83. The number of para-hydroxylation sites is 3. The van der Waals surface area contributed by atoms with Gasteiger partial charge in [0.1, 0.15) is 22.7 Å². The third-order valence-electron chi connectivity index (χ3n) is 9.95. The van der Waals surface area contributed by atoms with E-state index in [0.29, 0.717) is 5.56 Å². The van der Waals surface area contributed by atoms with Gasteiger partial charge in [0.25, 0.3) is 0 Å². The van der Waals surface area contributed by atoms with E-state index in [1.807, 2.05) is 12.1 Å². The lowest BCUT2D eigenvalue weighted by Crippen LogP contribution is -2.76. The molecule has 4 nitrogen and oxygen atoms in total. The summed E-state index contributed by atoms with van der Waals surface area (Å²) in [7, 11) is -2.80. The number of hydrogen-bond acceptors (Lipinski definition) is 3. The van der Waals surface area contributed by atoms with Crippen LogP contribution in [0.2, 0.25) is 0 Å². The van der Waals surface area contributed by atoms with Crippen molar-refractivity contribution in [2.75, 3.05) is 0 Å². The Labute approximate surface area is 277 Å². The Morgan fingerprint density at radius 3 is 1.92 bits per heavy atom. The second-order valence-corrected chi connectivity index (χ2v) is 16.1. The second-order valence-electron chi connectivity index (χ2n) is 12.4. The van der Waals surface area contributed by atoms with E-state index in [-0.39, 0.29) is 0 Å². The van der Waals surface area contributed by atoms with Gasteiger partial charge in [-0.1, -0.05) is 97.1 Å². The Balaban J connectivity index is 1.26. The van der Waals surface area contributed by atoms with Gasteiger partial charge in [0, 0.05) is 27.2 Å². The molecule has 2 aromatic heterocycles. The first-order valence-corrected chi connectivity index (χ1v) is 18.1. The molecular formula is C43H26N2O2Si. The van der Waals surface area contributed by atoms with Gasteiger partial charge in [-0.25, -0.2) is 0 Å². The number of nitriles is 1. The molecule has 0 aliphatic carbocycles. The molecular weight excluding hydrogens is 605 g/mol. The van der Waals surface area contributed by atoms with Crippen molar-refractivity contribution in [3.8, 4) is 23.3 Å². The zero-order valence-electron chi connectivity index (χ0n) is 25.7. The lowest BCUT2D eigenvalue weighted by atomic mass is 10.1. The number of nitrogens with zero attached hydrogens (tertiary/aromatic N) is 2. The lowest BCUT2D eigenvalue weighted by Gasteiger charge is -2.39. The molecule has 0 saturated carbocycles. The van der Waals surface area contributed by atoms with Crippen LogP contribution in [-0.2, 0) is 0 Å². The Morgan fingerprint density at radius 2 is 1.15 bits per heavy atom. The summed E-state index contributed by atoms with van der Waals surface area (Å²) < 4.78 is 15.3. The number of benzene rings is 7. The highest BCUT2D eigenvalue weighted by Gasteiger charge is 2.47. The minimum Gasteiger partial charge on any atom is -0.458 e.